The molecule has 0 unspecified atom stereocenters. The molecule has 4 heteroatoms. The van der Waals surface area contributed by atoms with E-state index in [1.165, 1.54) is 17.8 Å². The highest BCUT2D eigenvalue weighted by molar-refractivity contribution is 7.99. The highest BCUT2D eigenvalue weighted by atomic mass is 32.2. The molecule has 2 nitrogen and oxygen atoms in total. The Bertz CT molecular complexity index is 545. The Hall–Kier alpha value is -1.52. The molecule has 0 aliphatic rings. The van der Waals surface area contributed by atoms with Gasteiger partial charge in [0.1, 0.15) is 11.6 Å². The second-order valence-corrected chi connectivity index (χ2v) is 4.87. The Labute approximate surface area is 110 Å². The molecule has 0 bridgehead atoms. The van der Waals surface area contributed by atoms with Gasteiger partial charge in [-0.3, -0.25) is 0 Å². The normalized spacial score (nSPS) is 10.4. The van der Waals surface area contributed by atoms with Crippen molar-refractivity contribution in [3.63, 3.8) is 0 Å². The molecular formula is C14H14FNOS. The van der Waals surface area contributed by atoms with Crippen molar-refractivity contribution in [2.24, 2.45) is 5.73 Å². The van der Waals surface area contributed by atoms with Crippen LogP contribution in [0.4, 0.5) is 4.39 Å². The quantitative estimate of drug-likeness (QED) is 0.917. The smallest absolute Gasteiger partial charge is 0.137 e. The summed E-state index contributed by atoms with van der Waals surface area (Å²) in [6.07, 6.45) is 0. The fourth-order valence-electron chi connectivity index (χ4n) is 1.55. The average Bonchev–Trinajstić information content (AvgIpc) is 2.41. The number of methoxy groups -OCH3 is 1. The van der Waals surface area contributed by atoms with Crippen LogP contribution in [0.5, 0.6) is 5.75 Å². The van der Waals surface area contributed by atoms with Crippen molar-refractivity contribution in [1.82, 2.24) is 0 Å². The van der Waals surface area contributed by atoms with Crippen molar-refractivity contribution >= 4 is 11.8 Å². The summed E-state index contributed by atoms with van der Waals surface area (Å²) in [5.41, 5.74) is 6.26. The highest BCUT2D eigenvalue weighted by Crippen LogP contribution is 2.32. The second kappa shape index (κ2) is 5.89. The Kier molecular flexibility index (Phi) is 4.23. The topological polar surface area (TPSA) is 35.2 Å². The lowest BCUT2D eigenvalue weighted by atomic mass is 10.2. The summed E-state index contributed by atoms with van der Waals surface area (Å²) in [6, 6.07) is 12.6. The number of ether oxygens (including phenoxy) is 1. The van der Waals surface area contributed by atoms with Crippen molar-refractivity contribution in [3.05, 3.63) is 53.8 Å². The second-order valence-electron chi connectivity index (χ2n) is 3.75. The zero-order chi connectivity index (χ0) is 13.0. The molecule has 0 atom stereocenters. The van der Waals surface area contributed by atoms with Crippen LogP contribution in [0.3, 0.4) is 0 Å². The first kappa shape index (κ1) is 12.9. The van der Waals surface area contributed by atoms with Crippen LogP contribution in [0, 0.1) is 5.82 Å². The van der Waals surface area contributed by atoms with Crippen LogP contribution in [0.2, 0.25) is 0 Å². The molecule has 0 aliphatic heterocycles. The lowest BCUT2D eigenvalue weighted by Crippen LogP contribution is -1.96. The summed E-state index contributed by atoms with van der Waals surface area (Å²) in [4.78, 5) is 1.52. The molecule has 0 radical (unpaired) electrons. The van der Waals surface area contributed by atoms with Crippen molar-refractivity contribution in [3.8, 4) is 5.75 Å². The molecule has 2 rings (SSSR count). The van der Waals surface area contributed by atoms with Gasteiger partial charge in [0.25, 0.3) is 0 Å². The van der Waals surface area contributed by atoms with Crippen LogP contribution in [-0.4, -0.2) is 7.11 Å². The van der Waals surface area contributed by atoms with Crippen LogP contribution in [0.15, 0.2) is 52.3 Å². The van der Waals surface area contributed by atoms with Gasteiger partial charge in [0, 0.05) is 16.3 Å². The van der Waals surface area contributed by atoms with E-state index in [0.717, 1.165) is 16.2 Å². The third-order valence-electron chi connectivity index (χ3n) is 2.50. The number of halogens is 1. The van der Waals surface area contributed by atoms with Gasteiger partial charge < -0.3 is 10.5 Å². The van der Waals surface area contributed by atoms with Crippen molar-refractivity contribution in [2.75, 3.05) is 7.11 Å². The van der Waals surface area contributed by atoms with E-state index < -0.39 is 0 Å². The lowest BCUT2D eigenvalue weighted by Gasteiger charge is -2.06. The summed E-state index contributed by atoms with van der Waals surface area (Å²) in [5.74, 6) is 0.518. The Morgan fingerprint density at radius 2 is 2.06 bits per heavy atom. The number of hydrogen-bond acceptors (Lipinski definition) is 3. The molecule has 0 spiro atoms. The molecule has 0 amide bonds. The number of hydrogen-bond donors (Lipinski definition) is 1. The maximum absolute atomic E-state index is 13.8. The maximum Gasteiger partial charge on any atom is 0.137 e. The standard InChI is InChI=1S/C14H14FNOS/c1-17-11-3-2-4-12(8-11)18-14-6-5-10(9-16)7-13(14)15/h2-8H,9,16H2,1H3. The minimum absolute atomic E-state index is 0.245. The Morgan fingerprint density at radius 1 is 1.22 bits per heavy atom. The van der Waals surface area contributed by atoms with Gasteiger partial charge in [0.05, 0.1) is 7.11 Å². The zero-order valence-corrected chi connectivity index (χ0v) is 10.8. The van der Waals surface area contributed by atoms with Crippen LogP contribution in [0.25, 0.3) is 0 Å². The summed E-state index contributed by atoms with van der Waals surface area (Å²) in [5, 5.41) is 0. The SMILES string of the molecule is COc1cccc(Sc2ccc(CN)cc2F)c1. The molecule has 0 saturated heterocycles. The van der Waals surface area contributed by atoms with Gasteiger partial charge in [-0.25, -0.2) is 4.39 Å². The summed E-state index contributed by atoms with van der Waals surface area (Å²) in [7, 11) is 1.61. The minimum Gasteiger partial charge on any atom is -0.497 e. The predicted octanol–water partition coefficient (Wildman–Crippen LogP) is 3.44. The van der Waals surface area contributed by atoms with Gasteiger partial charge >= 0.3 is 0 Å². The van der Waals surface area contributed by atoms with Gasteiger partial charge in [-0.2, -0.15) is 0 Å². The van der Waals surface area contributed by atoms with E-state index >= 15 is 0 Å². The van der Waals surface area contributed by atoms with E-state index in [9.17, 15) is 4.39 Å². The van der Waals surface area contributed by atoms with E-state index in [1.54, 1.807) is 13.2 Å². The third kappa shape index (κ3) is 3.03. The first-order valence-electron chi connectivity index (χ1n) is 5.53. The highest BCUT2D eigenvalue weighted by Gasteiger charge is 2.06. The largest absolute Gasteiger partial charge is 0.497 e. The molecular weight excluding hydrogens is 249 g/mol. The third-order valence-corrected chi connectivity index (χ3v) is 3.54. The first-order chi connectivity index (χ1) is 8.72. The van der Waals surface area contributed by atoms with Crippen molar-refractivity contribution < 1.29 is 9.13 Å². The summed E-state index contributed by atoms with van der Waals surface area (Å²) >= 11 is 1.37. The molecule has 2 N–H and O–H groups in total. The van der Waals surface area contributed by atoms with Crippen LogP contribution < -0.4 is 10.5 Å². The van der Waals surface area contributed by atoms with Crippen molar-refractivity contribution in [2.45, 2.75) is 16.3 Å². The van der Waals surface area contributed by atoms with Gasteiger partial charge in [-0.05, 0) is 35.9 Å². The van der Waals surface area contributed by atoms with Gasteiger partial charge in [0.2, 0.25) is 0 Å². The van der Waals surface area contributed by atoms with Crippen LogP contribution in [-0.2, 0) is 6.54 Å². The molecule has 94 valence electrons. The van der Waals surface area contributed by atoms with E-state index in [0.29, 0.717) is 11.4 Å². The number of benzene rings is 2. The first-order valence-corrected chi connectivity index (χ1v) is 6.35. The molecule has 2 aromatic rings. The Morgan fingerprint density at radius 3 is 2.72 bits per heavy atom. The summed E-state index contributed by atoms with van der Waals surface area (Å²) < 4.78 is 18.9. The molecule has 18 heavy (non-hydrogen) atoms. The fourth-order valence-corrected chi connectivity index (χ4v) is 2.41. The molecule has 2 aromatic carbocycles. The van der Waals surface area contributed by atoms with Gasteiger partial charge in [-0.15, -0.1) is 0 Å². The van der Waals surface area contributed by atoms with E-state index in [-0.39, 0.29) is 5.82 Å². The summed E-state index contributed by atoms with van der Waals surface area (Å²) in [6.45, 7) is 0.348. The minimum atomic E-state index is -0.245. The lowest BCUT2D eigenvalue weighted by molar-refractivity contribution is 0.413. The van der Waals surface area contributed by atoms with E-state index in [2.05, 4.69) is 0 Å². The number of nitrogens with two attached hydrogens (primary N) is 1. The van der Waals surface area contributed by atoms with Crippen LogP contribution >= 0.6 is 11.8 Å². The fraction of sp³-hybridized carbons (Fsp3) is 0.143. The van der Waals surface area contributed by atoms with E-state index in [1.807, 2.05) is 30.3 Å². The van der Waals surface area contributed by atoms with Crippen LogP contribution in [0.1, 0.15) is 5.56 Å². The molecule has 0 aromatic heterocycles. The molecule has 0 heterocycles. The number of rotatable bonds is 4. The van der Waals surface area contributed by atoms with Crippen molar-refractivity contribution in [1.29, 1.82) is 0 Å². The predicted molar refractivity (Wildman–Crippen MR) is 71.4 cm³/mol. The Balaban J connectivity index is 2.22. The molecule has 0 saturated carbocycles. The molecule has 0 fully saturated rings. The maximum atomic E-state index is 13.8. The average molecular weight is 263 g/mol. The zero-order valence-electron chi connectivity index (χ0n) is 10.0. The molecule has 0 aliphatic carbocycles. The van der Waals surface area contributed by atoms with Gasteiger partial charge in [-0.1, -0.05) is 23.9 Å². The van der Waals surface area contributed by atoms with Gasteiger partial charge in [0.15, 0.2) is 0 Å². The monoisotopic (exact) mass is 263 g/mol. The van der Waals surface area contributed by atoms with E-state index in [4.69, 9.17) is 10.5 Å².